The smallest absolute Gasteiger partial charge is 0.411 e. The van der Waals surface area contributed by atoms with Crippen LogP contribution in [0.4, 0.5) is 21.9 Å². The molecule has 3 aliphatic rings. The molecule has 0 radical (unpaired) electrons. The summed E-state index contributed by atoms with van der Waals surface area (Å²) in [5.74, 6) is -0.955. The number of aliphatic imine (C=N–C) groups is 1. The lowest BCUT2D eigenvalue weighted by Gasteiger charge is -2.31. The van der Waals surface area contributed by atoms with Crippen molar-refractivity contribution in [2.24, 2.45) is 10.9 Å². The minimum Gasteiger partial charge on any atom is -0.506 e. The number of piperidine rings is 1. The Morgan fingerprint density at radius 3 is 2.48 bits per heavy atom. The highest BCUT2D eigenvalue weighted by atomic mass is 16.6. The second kappa shape index (κ2) is 20.3. The molecule has 326 valence electrons. The lowest BCUT2D eigenvalue weighted by Crippen LogP contribution is -2.40. The number of fused-ring (bicyclic) bond motifs is 1. The van der Waals surface area contributed by atoms with Crippen LogP contribution in [0.15, 0.2) is 132 Å². The van der Waals surface area contributed by atoms with Gasteiger partial charge in [0.15, 0.2) is 0 Å². The van der Waals surface area contributed by atoms with E-state index in [0.717, 1.165) is 22.3 Å². The van der Waals surface area contributed by atoms with Gasteiger partial charge in [0.1, 0.15) is 17.6 Å². The monoisotopic (exact) mass is 852 g/mol. The summed E-state index contributed by atoms with van der Waals surface area (Å²) in [6.45, 7) is 4.35. The van der Waals surface area contributed by atoms with Gasteiger partial charge < -0.3 is 40.1 Å². The number of ether oxygens (including phenoxy) is 2. The molecule has 0 saturated carbocycles. The predicted octanol–water partition coefficient (Wildman–Crippen LogP) is 6.97. The summed E-state index contributed by atoms with van der Waals surface area (Å²) in [5.41, 5.74) is 6.56. The maximum atomic E-state index is 13.5. The van der Waals surface area contributed by atoms with Crippen molar-refractivity contribution >= 4 is 46.6 Å². The van der Waals surface area contributed by atoms with Crippen LogP contribution in [-0.4, -0.2) is 97.2 Å². The quantitative estimate of drug-likeness (QED) is 0.0838. The van der Waals surface area contributed by atoms with E-state index < -0.39 is 24.0 Å². The number of allylic oxidation sites excluding steroid dienone is 4. The van der Waals surface area contributed by atoms with Crippen molar-refractivity contribution in [1.82, 2.24) is 10.2 Å². The number of carbonyl (C=O) groups is 4. The molecule has 5 N–H and O–H groups in total. The number of amides is 4. The number of aliphatic hydroxyl groups is 2. The fourth-order valence-electron chi connectivity index (χ4n) is 7.95. The van der Waals surface area contributed by atoms with Gasteiger partial charge in [-0.05, 0) is 72.9 Å². The minimum absolute atomic E-state index is 0.0906. The minimum atomic E-state index is -0.917. The number of para-hydroxylation sites is 1. The Balaban J connectivity index is 0.864. The van der Waals surface area contributed by atoms with Gasteiger partial charge in [-0.15, -0.1) is 0 Å². The summed E-state index contributed by atoms with van der Waals surface area (Å²) >= 11 is 0. The largest absolute Gasteiger partial charge is 0.506 e. The number of aryl methyl sites for hydroxylation is 1. The van der Waals surface area contributed by atoms with Crippen LogP contribution in [-0.2, 0) is 20.9 Å². The second-order valence-electron chi connectivity index (χ2n) is 15.7. The average Bonchev–Trinajstić information content (AvgIpc) is 3.29. The molecule has 1 saturated heterocycles. The third-order valence-electron chi connectivity index (χ3n) is 11.5. The predicted molar refractivity (Wildman–Crippen MR) is 243 cm³/mol. The number of methoxy groups -OCH3 is 1. The van der Waals surface area contributed by atoms with Gasteiger partial charge in [0.25, 0.3) is 11.8 Å². The highest BCUT2D eigenvalue weighted by molar-refractivity contribution is 6.13. The Morgan fingerprint density at radius 1 is 0.937 bits per heavy atom. The van der Waals surface area contributed by atoms with E-state index in [1.165, 1.54) is 12.2 Å². The van der Waals surface area contributed by atoms with Crippen molar-refractivity contribution in [3.63, 3.8) is 0 Å². The molecule has 0 aromatic heterocycles. The van der Waals surface area contributed by atoms with E-state index in [4.69, 9.17) is 9.47 Å². The van der Waals surface area contributed by atoms with E-state index in [-0.39, 0.29) is 42.4 Å². The maximum Gasteiger partial charge on any atom is 0.411 e. The molecule has 4 aromatic rings. The van der Waals surface area contributed by atoms with E-state index in [1.807, 2.05) is 67.6 Å². The van der Waals surface area contributed by atoms with Crippen molar-refractivity contribution in [2.75, 3.05) is 55.9 Å². The van der Waals surface area contributed by atoms with Crippen molar-refractivity contribution in [2.45, 2.75) is 44.9 Å². The fraction of sp³-hybridized carbons (Fsp3) is 0.286. The maximum absolute atomic E-state index is 13.5. The zero-order chi connectivity index (χ0) is 44.5. The first-order valence-corrected chi connectivity index (χ1v) is 21.0. The molecule has 2 heterocycles. The number of aliphatic hydroxyl groups excluding tert-OH is 2. The topological polar surface area (TPSA) is 182 Å². The molecule has 0 spiro atoms. The molecule has 2 atom stereocenters. The first kappa shape index (κ1) is 44.2. The number of hydrogen-bond acceptors (Lipinski definition) is 10. The van der Waals surface area contributed by atoms with E-state index in [9.17, 15) is 29.4 Å². The number of nitrogens with zero attached hydrogens (tertiary/aromatic N) is 3. The summed E-state index contributed by atoms with van der Waals surface area (Å²) in [4.78, 5) is 59.1. The zero-order valence-electron chi connectivity index (χ0n) is 35.5. The van der Waals surface area contributed by atoms with Crippen molar-refractivity contribution < 1.29 is 38.9 Å². The summed E-state index contributed by atoms with van der Waals surface area (Å²) in [6.07, 6.45) is 6.00. The summed E-state index contributed by atoms with van der Waals surface area (Å²) in [5, 5.41) is 30.3. The van der Waals surface area contributed by atoms with E-state index >= 15 is 0 Å². The lowest BCUT2D eigenvalue weighted by atomic mass is 9.83. The normalized spacial score (nSPS) is 16.8. The molecule has 14 nitrogen and oxygen atoms in total. The molecule has 1 fully saturated rings. The number of carbonyl (C=O) groups excluding carboxylic acids is 4. The van der Waals surface area contributed by atoms with Gasteiger partial charge >= 0.3 is 6.09 Å². The molecule has 1 unspecified atom stereocenters. The Labute approximate surface area is 366 Å². The van der Waals surface area contributed by atoms with Gasteiger partial charge in [-0.25, -0.2) is 9.79 Å². The number of nitrogens with one attached hydrogen (secondary N) is 3. The number of hydrogen-bond donors (Lipinski definition) is 5. The standard InChI is InChI=1S/C49H52N6O8/c1-31-26-34(29-50-30-43(57)38-16-18-42(56)47-39(38)17-19-45(58)53-47)44(62-3)28-41(31)51-48(60)33-12-9-13-35(27-33)54(2)46(59)22-25-55-23-20-36(21-24-55)63-49(61)52-40-15-8-7-14-37(40)32-10-5-4-6-11-32/h4-19,26-28,36,39,43,50,56-57H,20-25,29-30H2,1-3H3,(H,51,60)(H,52,61)/t39?,43-/m0/s1. The number of rotatable bonds is 15. The van der Waals surface area contributed by atoms with Gasteiger partial charge in [0.2, 0.25) is 5.91 Å². The van der Waals surface area contributed by atoms with Crippen LogP contribution in [0.3, 0.4) is 0 Å². The van der Waals surface area contributed by atoms with E-state index in [2.05, 4.69) is 25.8 Å². The highest BCUT2D eigenvalue weighted by Crippen LogP contribution is 2.31. The summed E-state index contributed by atoms with van der Waals surface area (Å²) < 4.78 is 11.5. The van der Waals surface area contributed by atoms with Crippen molar-refractivity contribution in [1.29, 1.82) is 0 Å². The van der Waals surface area contributed by atoms with Crippen LogP contribution in [0.25, 0.3) is 11.1 Å². The lowest BCUT2D eigenvalue weighted by molar-refractivity contribution is -0.118. The summed E-state index contributed by atoms with van der Waals surface area (Å²) in [7, 11) is 3.24. The fourth-order valence-corrected chi connectivity index (χ4v) is 7.95. The van der Waals surface area contributed by atoms with Crippen LogP contribution in [0, 0.1) is 12.8 Å². The van der Waals surface area contributed by atoms with E-state index in [1.54, 1.807) is 61.5 Å². The highest BCUT2D eigenvalue weighted by Gasteiger charge is 2.31. The molecule has 4 aromatic carbocycles. The Bertz CT molecular complexity index is 2470. The first-order valence-electron chi connectivity index (χ1n) is 21.0. The Hall–Kier alpha value is -6.87. The van der Waals surface area contributed by atoms with Crippen molar-refractivity contribution in [3.05, 3.63) is 143 Å². The number of dihydropyridines is 1. The van der Waals surface area contributed by atoms with Crippen molar-refractivity contribution in [3.8, 4) is 16.9 Å². The third-order valence-corrected chi connectivity index (χ3v) is 11.5. The molecule has 2 aliphatic heterocycles. The molecule has 7 rings (SSSR count). The summed E-state index contributed by atoms with van der Waals surface area (Å²) in [6, 6.07) is 28.0. The first-order chi connectivity index (χ1) is 30.5. The zero-order valence-corrected chi connectivity index (χ0v) is 35.5. The Morgan fingerprint density at radius 2 is 1.70 bits per heavy atom. The van der Waals surface area contributed by atoms with Gasteiger partial charge in [-0.2, -0.15) is 0 Å². The van der Waals surface area contributed by atoms with Crippen LogP contribution < -0.4 is 25.6 Å². The van der Waals surface area contributed by atoms with E-state index in [0.29, 0.717) is 73.0 Å². The molecule has 1 aliphatic carbocycles. The SMILES string of the molecule is COc1cc(NC(=O)c2cccc(N(C)C(=O)CCN3CCC(OC(=O)Nc4ccccc4-c4ccccc4)CC3)c2)c(C)cc1CNC[C@H](O)C1=CC=C(O)C2=NC(=O)C=CC12. The number of anilines is 3. The molecule has 0 bridgehead atoms. The van der Waals surface area contributed by atoms with Gasteiger partial charge in [-0.1, -0.05) is 66.7 Å². The molecule has 63 heavy (non-hydrogen) atoms. The van der Waals surface area contributed by atoms with Crippen LogP contribution in [0.5, 0.6) is 5.75 Å². The molecular formula is C49H52N6O8. The molecule has 14 heteroatoms. The van der Waals surface area contributed by atoms with Gasteiger partial charge in [-0.3, -0.25) is 19.7 Å². The molecular weight excluding hydrogens is 801 g/mol. The third kappa shape index (κ3) is 11.0. The van der Waals surface area contributed by atoms with Gasteiger partial charge in [0, 0.05) is 92.3 Å². The van der Waals surface area contributed by atoms with Gasteiger partial charge in [0.05, 0.1) is 24.6 Å². The average molecular weight is 853 g/mol. The molecule has 4 amide bonds. The number of benzene rings is 4. The Kier molecular flexibility index (Phi) is 14.3. The van der Waals surface area contributed by atoms with Crippen LogP contribution in [0.1, 0.15) is 40.7 Å². The number of likely N-dealkylation sites (tertiary alicyclic amines) is 1. The van der Waals surface area contributed by atoms with Crippen LogP contribution in [0.2, 0.25) is 0 Å². The second-order valence-corrected chi connectivity index (χ2v) is 15.7. The van der Waals surface area contributed by atoms with Crippen LogP contribution >= 0.6 is 0 Å².